The number of hydrogen-bond acceptors (Lipinski definition) is 3. The van der Waals surface area contributed by atoms with Crippen LogP contribution < -0.4 is 0 Å². The summed E-state index contributed by atoms with van der Waals surface area (Å²) in [6.07, 6.45) is 0. The molecule has 0 radical (unpaired) electrons. The Morgan fingerprint density at radius 3 is 2.53 bits per heavy atom. The van der Waals surface area contributed by atoms with E-state index in [4.69, 9.17) is 5.11 Å². The molecule has 15 heavy (non-hydrogen) atoms. The van der Waals surface area contributed by atoms with Gasteiger partial charge in [0.05, 0.1) is 13.2 Å². The van der Waals surface area contributed by atoms with E-state index in [1.165, 1.54) is 0 Å². The van der Waals surface area contributed by atoms with Gasteiger partial charge in [-0.15, -0.1) is 0 Å². The summed E-state index contributed by atoms with van der Waals surface area (Å²) in [6.45, 7) is 3.78. The highest BCUT2D eigenvalue weighted by Gasteiger charge is 2.09. The summed E-state index contributed by atoms with van der Waals surface area (Å²) in [7, 11) is 0. The van der Waals surface area contributed by atoms with Gasteiger partial charge in [-0.05, 0) is 6.54 Å². The number of aliphatic hydroxyl groups excluding tert-OH is 1. The van der Waals surface area contributed by atoms with Crippen molar-refractivity contribution in [1.29, 1.82) is 0 Å². The summed E-state index contributed by atoms with van der Waals surface area (Å²) < 4.78 is 0. The number of hydrogen-bond donors (Lipinski definition) is 1. The Balaban J connectivity index is 2.55. The van der Waals surface area contributed by atoms with Crippen molar-refractivity contribution in [3.63, 3.8) is 0 Å². The van der Waals surface area contributed by atoms with E-state index in [9.17, 15) is 4.79 Å². The van der Waals surface area contributed by atoms with E-state index in [-0.39, 0.29) is 12.4 Å². The van der Waals surface area contributed by atoms with Crippen molar-refractivity contribution in [3.8, 4) is 0 Å². The van der Waals surface area contributed by atoms with E-state index >= 15 is 0 Å². The minimum atomic E-state index is 0.0932. The Labute approximate surface area is 90.3 Å². The number of carbonyl (C=O) groups is 1. The van der Waals surface area contributed by atoms with Crippen LogP contribution in [0.25, 0.3) is 0 Å². The third-order valence-corrected chi connectivity index (χ3v) is 2.33. The van der Waals surface area contributed by atoms with Gasteiger partial charge in [0, 0.05) is 12.1 Å². The van der Waals surface area contributed by atoms with Gasteiger partial charge in [-0.2, -0.15) is 0 Å². The van der Waals surface area contributed by atoms with Crippen LogP contribution in [0, 0.1) is 0 Å². The van der Waals surface area contributed by atoms with Crippen molar-refractivity contribution in [2.75, 3.05) is 26.2 Å². The molecular weight excluding hydrogens is 190 g/mol. The maximum Gasteiger partial charge on any atom is 0.176 e. The van der Waals surface area contributed by atoms with E-state index in [0.717, 1.165) is 12.1 Å². The molecule has 82 valence electrons. The number of nitrogens with zero attached hydrogens (tertiary/aromatic N) is 1. The maximum absolute atomic E-state index is 11.8. The van der Waals surface area contributed by atoms with Crippen LogP contribution in [0.15, 0.2) is 30.3 Å². The smallest absolute Gasteiger partial charge is 0.176 e. The Bertz CT molecular complexity index is 298. The summed E-state index contributed by atoms with van der Waals surface area (Å²) in [5.74, 6) is 0.103. The number of Topliss-reactive ketones (excluding diaryl/α,β-unsaturated/α-hetero) is 1. The standard InChI is InChI=1S/C12H17NO2/c1-2-13(8-9-14)10-12(15)11-6-4-3-5-7-11/h3-7,14H,2,8-10H2,1H3. The van der Waals surface area contributed by atoms with Gasteiger partial charge in [0.15, 0.2) is 5.78 Å². The number of carbonyl (C=O) groups excluding carboxylic acids is 1. The molecule has 0 aliphatic heterocycles. The molecule has 0 fully saturated rings. The van der Waals surface area contributed by atoms with Crippen LogP contribution in [0.1, 0.15) is 17.3 Å². The lowest BCUT2D eigenvalue weighted by molar-refractivity contribution is 0.0919. The highest BCUT2D eigenvalue weighted by Crippen LogP contribution is 2.01. The monoisotopic (exact) mass is 207 g/mol. The highest BCUT2D eigenvalue weighted by molar-refractivity contribution is 5.97. The van der Waals surface area contributed by atoms with E-state index in [0.29, 0.717) is 13.1 Å². The first-order chi connectivity index (χ1) is 7.27. The second kappa shape index (κ2) is 6.32. The molecule has 1 aromatic rings. The third kappa shape index (κ3) is 3.81. The van der Waals surface area contributed by atoms with Crippen LogP contribution in [-0.2, 0) is 0 Å². The van der Waals surface area contributed by atoms with Gasteiger partial charge in [-0.25, -0.2) is 0 Å². The van der Waals surface area contributed by atoms with E-state index < -0.39 is 0 Å². The third-order valence-electron chi connectivity index (χ3n) is 2.33. The SMILES string of the molecule is CCN(CCO)CC(=O)c1ccccc1. The van der Waals surface area contributed by atoms with Crippen molar-refractivity contribution in [2.45, 2.75) is 6.92 Å². The zero-order valence-corrected chi connectivity index (χ0v) is 9.02. The van der Waals surface area contributed by atoms with Crippen molar-refractivity contribution in [2.24, 2.45) is 0 Å². The van der Waals surface area contributed by atoms with E-state index in [1.807, 2.05) is 42.2 Å². The van der Waals surface area contributed by atoms with E-state index in [2.05, 4.69) is 0 Å². The first kappa shape index (κ1) is 11.9. The lowest BCUT2D eigenvalue weighted by Gasteiger charge is -2.17. The van der Waals surface area contributed by atoms with E-state index in [1.54, 1.807) is 0 Å². The van der Waals surface area contributed by atoms with Gasteiger partial charge in [-0.3, -0.25) is 9.69 Å². The topological polar surface area (TPSA) is 40.5 Å². The molecule has 0 atom stereocenters. The van der Waals surface area contributed by atoms with Crippen LogP contribution in [-0.4, -0.2) is 42.0 Å². The Kier molecular flexibility index (Phi) is 5.01. The zero-order chi connectivity index (χ0) is 11.1. The van der Waals surface area contributed by atoms with Gasteiger partial charge in [0.2, 0.25) is 0 Å². The number of rotatable bonds is 6. The Morgan fingerprint density at radius 2 is 2.00 bits per heavy atom. The molecule has 0 saturated carbocycles. The van der Waals surface area contributed by atoms with Gasteiger partial charge in [0.25, 0.3) is 0 Å². The Morgan fingerprint density at radius 1 is 1.33 bits per heavy atom. The fraction of sp³-hybridized carbons (Fsp3) is 0.417. The average molecular weight is 207 g/mol. The molecule has 0 bridgehead atoms. The van der Waals surface area contributed by atoms with Gasteiger partial charge in [-0.1, -0.05) is 37.3 Å². The predicted octanol–water partition coefficient (Wildman–Crippen LogP) is 1.18. The summed E-state index contributed by atoms with van der Waals surface area (Å²) in [5.41, 5.74) is 0.730. The van der Waals surface area contributed by atoms with Crippen molar-refractivity contribution in [1.82, 2.24) is 4.90 Å². The first-order valence-corrected chi connectivity index (χ1v) is 5.19. The molecule has 0 unspecified atom stereocenters. The highest BCUT2D eigenvalue weighted by atomic mass is 16.3. The molecule has 0 spiro atoms. The largest absolute Gasteiger partial charge is 0.395 e. The quantitative estimate of drug-likeness (QED) is 0.712. The van der Waals surface area contributed by atoms with Crippen LogP contribution in [0.5, 0.6) is 0 Å². The van der Waals surface area contributed by atoms with Gasteiger partial charge < -0.3 is 5.11 Å². The van der Waals surface area contributed by atoms with Crippen LogP contribution in [0.4, 0.5) is 0 Å². The predicted molar refractivity (Wildman–Crippen MR) is 60.0 cm³/mol. The minimum absolute atomic E-state index is 0.0932. The minimum Gasteiger partial charge on any atom is -0.395 e. The van der Waals surface area contributed by atoms with Crippen molar-refractivity contribution >= 4 is 5.78 Å². The molecule has 0 aliphatic rings. The normalized spacial score (nSPS) is 10.6. The molecule has 1 N–H and O–H groups in total. The number of aliphatic hydroxyl groups is 1. The molecule has 1 rings (SSSR count). The zero-order valence-electron chi connectivity index (χ0n) is 9.02. The molecule has 3 heteroatoms. The molecular formula is C12H17NO2. The number of ketones is 1. The first-order valence-electron chi connectivity index (χ1n) is 5.19. The lowest BCUT2D eigenvalue weighted by atomic mass is 10.1. The van der Waals surface area contributed by atoms with Gasteiger partial charge >= 0.3 is 0 Å². The molecule has 0 amide bonds. The van der Waals surface area contributed by atoms with Crippen molar-refractivity contribution < 1.29 is 9.90 Å². The molecule has 3 nitrogen and oxygen atoms in total. The maximum atomic E-state index is 11.8. The molecule has 0 saturated heterocycles. The summed E-state index contributed by atoms with van der Waals surface area (Å²) in [4.78, 5) is 13.7. The second-order valence-corrected chi connectivity index (χ2v) is 3.38. The molecule has 0 heterocycles. The fourth-order valence-electron chi connectivity index (χ4n) is 1.41. The summed E-state index contributed by atoms with van der Waals surface area (Å²) in [5, 5.41) is 8.80. The molecule has 1 aromatic carbocycles. The Hall–Kier alpha value is -1.19. The summed E-state index contributed by atoms with van der Waals surface area (Å²) >= 11 is 0. The van der Waals surface area contributed by atoms with Crippen LogP contribution in [0.3, 0.4) is 0 Å². The number of benzene rings is 1. The molecule has 0 aromatic heterocycles. The van der Waals surface area contributed by atoms with Crippen molar-refractivity contribution in [3.05, 3.63) is 35.9 Å². The second-order valence-electron chi connectivity index (χ2n) is 3.38. The fourth-order valence-corrected chi connectivity index (χ4v) is 1.41. The van der Waals surface area contributed by atoms with Crippen LogP contribution >= 0.6 is 0 Å². The molecule has 0 aliphatic carbocycles. The summed E-state index contributed by atoms with van der Waals surface area (Å²) in [6, 6.07) is 9.23. The van der Waals surface area contributed by atoms with Gasteiger partial charge in [0.1, 0.15) is 0 Å². The number of likely N-dealkylation sites (N-methyl/N-ethyl adjacent to an activating group) is 1. The van der Waals surface area contributed by atoms with Crippen LogP contribution in [0.2, 0.25) is 0 Å². The average Bonchev–Trinajstić information content (AvgIpc) is 2.29. The lowest BCUT2D eigenvalue weighted by Crippen LogP contribution is -2.32.